The van der Waals surface area contributed by atoms with E-state index in [-0.39, 0.29) is 5.84 Å². The molecule has 1 aliphatic rings. The molecular formula is C12H15ClN2O. The normalized spacial score (nSPS) is 14.8. The Bertz CT molecular complexity index is 402. The summed E-state index contributed by atoms with van der Waals surface area (Å²) in [6.07, 6.45) is 3.71. The fourth-order valence-corrected chi connectivity index (χ4v) is 1.90. The van der Waals surface area contributed by atoms with Crippen LogP contribution in [0.25, 0.3) is 0 Å². The van der Waals surface area contributed by atoms with Gasteiger partial charge in [-0.3, -0.25) is 5.41 Å². The van der Waals surface area contributed by atoms with Crippen LogP contribution in [0.4, 0.5) is 0 Å². The van der Waals surface area contributed by atoms with Crippen LogP contribution in [0, 0.1) is 11.3 Å². The second kappa shape index (κ2) is 4.74. The molecule has 1 aliphatic carbocycles. The molecule has 1 aromatic carbocycles. The van der Waals surface area contributed by atoms with Crippen LogP contribution in [0.5, 0.6) is 5.75 Å². The number of benzene rings is 1. The number of hydrogen-bond acceptors (Lipinski definition) is 2. The third-order valence-corrected chi connectivity index (χ3v) is 3.04. The summed E-state index contributed by atoms with van der Waals surface area (Å²) >= 11 is 5.98. The fourth-order valence-electron chi connectivity index (χ4n) is 1.63. The van der Waals surface area contributed by atoms with Gasteiger partial charge in [-0.1, -0.05) is 30.5 Å². The van der Waals surface area contributed by atoms with Crippen LogP contribution >= 0.6 is 11.6 Å². The van der Waals surface area contributed by atoms with E-state index in [9.17, 15) is 0 Å². The van der Waals surface area contributed by atoms with Crippen molar-refractivity contribution in [2.45, 2.75) is 19.3 Å². The van der Waals surface area contributed by atoms with Gasteiger partial charge in [0.05, 0.1) is 17.2 Å². The Labute approximate surface area is 100 Å². The van der Waals surface area contributed by atoms with Crippen molar-refractivity contribution in [3.63, 3.8) is 0 Å². The van der Waals surface area contributed by atoms with Crippen LogP contribution in [0.15, 0.2) is 18.2 Å². The van der Waals surface area contributed by atoms with Gasteiger partial charge >= 0.3 is 0 Å². The van der Waals surface area contributed by atoms with Gasteiger partial charge < -0.3 is 10.5 Å². The minimum atomic E-state index is -0.0491. The summed E-state index contributed by atoms with van der Waals surface area (Å²) in [5, 5.41) is 7.93. The van der Waals surface area contributed by atoms with Crippen LogP contribution < -0.4 is 10.5 Å². The molecule has 0 unspecified atom stereocenters. The molecule has 16 heavy (non-hydrogen) atoms. The molecule has 0 amide bonds. The molecule has 3 N–H and O–H groups in total. The van der Waals surface area contributed by atoms with Gasteiger partial charge in [-0.25, -0.2) is 0 Å². The summed E-state index contributed by atoms with van der Waals surface area (Å²) < 4.78 is 5.62. The standard InChI is InChI=1S/C12H15ClN2O/c13-9-2-1-3-10(11(9)12(14)15)16-7-6-8-4-5-8/h1-3,8H,4-7H2,(H3,14,15). The Morgan fingerprint density at radius 1 is 1.50 bits per heavy atom. The second-order valence-electron chi connectivity index (χ2n) is 4.11. The highest BCUT2D eigenvalue weighted by atomic mass is 35.5. The molecule has 1 aromatic rings. The molecule has 1 saturated carbocycles. The third kappa shape index (κ3) is 2.67. The molecule has 4 heteroatoms. The first-order valence-electron chi connectivity index (χ1n) is 5.44. The zero-order valence-electron chi connectivity index (χ0n) is 9.00. The Morgan fingerprint density at radius 3 is 2.88 bits per heavy atom. The van der Waals surface area contributed by atoms with Crippen LogP contribution in [0.2, 0.25) is 5.02 Å². The van der Waals surface area contributed by atoms with Crippen molar-refractivity contribution in [2.24, 2.45) is 11.7 Å². The zero-order chi connectivity index (χ0) is 11.5. The minimum absolute atomic E-state index is 0.0491. The first-order valence-corrected chi connectivity index (χ1v) is 5.82. The average Bonchev–Trinajstić information content (AvgIpc) is 3.01. The second-order valence-corrected chi connectivity index (χ2v) is 4.51. The molecule has 0 aromatic heterocycles. The largest absolute Gasteiger partial charge is 0.493 e. The number of rotatable bonds is 5. The lowest BCUT2D eigenvalue weighted by atomic mass is 10.2. The van der Waals surface area contributed by atoms with Crippen molar-refractivity contribution >= 4 is 17.4 Å². The van der Waals surface area contributed by atoms with E-state index in [1.807, 2.05) is 0 Å². The van der Waals surface area contributed by atoms with Crippen molar-refractivity contribution in [1.29, 1.82) is 5.41 Å². The Kier molecular flexibility index (Phi) is 3.34. The minimum Gasteiger partial charge on any atom is -0.493 e. The first-order chi connectivity index (χ1) is 7.68. The summed E-state index contributed by atoms with van der Waals surface area (Å²) in [4.78, 5) is 0. The van der Waals surface area contributed by atoms with Crippen LogP contribution in [-0.4, -0.2) is 12.4 Å². The van der Waals surface area contributed by atoms with E-state index >= 15 is 0 Å². The van der Waals surface area contributed by atoms with Gasteiger partial charge in [0.2, 0.25) is 0 Å². The third-order valence-electron chi connectivity index (χ3n) is 2.73. The number of nitrogen functional groups attached to an aromatic ring is 1. The highest BCUT2D eigenvalue weighted by molar-refractivity contribution is 6.34. The molecule has 0 atom stereocenters. The number of ether oxygens (including phenoxy) is 1. The molecule has 0 heterocycles. The Balaban J connectivity index is 2.05. The SMILES string of the molecule is N=C(N)c1c(Cl)cccc1OCCC1CC1. The lowest BCUT2D eigenvalue weighted by Crippen LogP contribution is -2.14. The van der Waals surface area contributed by atoms with Gasteiger partial charge in [-0.05, 0) is 24.5 Å². The maximum absolute atomic E-state index is 7.46. The summed E-state index contributed by atoms with van der Waals surface area (Å²) in [5.74, 6) is 1.40. The number of hydrogen-bond donors (Lipinski definition) is 2. The van der Waals surface area contributed by atoms with Gasteiger partial charge in [0.1, 0.15) is 11.6 Å². The molecule has 0 saturated heterocycles. The maximum atomic E-state index is 7.46. The summed E-state index contributed by atoms with van der Waals surface area (Å²) in [6.45, 7) is 0.672. The predicted octanol–water partition coefficient (Wildman–Crippen LogP) is 2.80. The quantitative estimate of drug-likeness (QED) is 0.612. The van der Waals surface area contributed by atoms with Gasteiger partial charge in [0, 0.05) is 0 Å². The number of amidine groups is 1. The molecule has 0 radical (unpaired) electrons. The van der Waals surface area contributed by atoms with E-state index in [4.69, 9.17) is 27.5 Å². The molecule has 3 nitrogen and oxygen atoms in total. The fraction of sp³-hybridized carbons (Fsp3) is 0.417. The van der Waals surface area contributed by atoms with E-state index in [2.05, 4.69) is 0 Å². The van der Waals surface area contributed by atoms with E-state index in [0.717, 1.165) is 12.3 Å². The monoisotopic (exact) mass is 238 g/mol. The predicted molar refractivity (Wildman–Crippen MR) is 65.3 cm³/mol. The summed E-state index contributed by atoms with van der Waals surface area (Å²) in [6, 6.07) is 5.32. The first kappa shape index (κ1) is 11.3. The highest BCUT2D eigenvalue weighted by Crippen LogP contribution is 2.33. The maximum Gasteiger partial charge on any atom is 0.131 e. The Hall–Kier alpha value is -1.22. The molecule has 0 aliphatic heterocycles. The lowest BCUT2D eigenvalue weighted by molar-refractivity contribution is 0.302. The molecular weight excluding hydrogens is 224 g/mol. The van der Waals surface area contributed by atoms with Crippen LogP contribution in [0.1, 0.15) is 24.8 Å². The van der Waals surface area contributed by atoms with Gasteiger partial charge in [-0.2, -0.15) is 0 Å². The van der Waals surface area contributed by atoms with E-state index < -0.39 is 0 Å². The zero-order valence-corrected chi connectivity index (χ0v) is 9.76. The van der Waals surface area contributed by atoms with E-state index in [1.54, 1.807) is 18.2 Å². The van der Waals surface area contributed by atoms with Gasteiger partial charge in [0.15, 0.2) is 0 Å². The highest BCUT2D eigenvalue weighted by Gasteiger charge is 2.21. The van der Waals surface area contributed by atoms with Gasteiger partial charge in [-0.15, -0.1) is 0 Å². The molecule has 86 valence electrons. The van der Waals surface area contributed by atoms with E-state index in [1.165, 1.54) is 12.8 Å². The topological polar surface area (TPSA) is 59.1 Å². The lowest BCUT2D eigenvalue weighted by Gasteiger charge is -2.11. The van der Waals surface area contributed by atoms with Crippen molar-refractivity contribution < 1.29 is 4.74 Å². The smallest absolute Gasteiger partial charge is 0.131 e. The average molecular weight is 239 g/mol. The number of nitrogens with one attached hydrogen (secondary N) is 1. The summed E-state index contributed by atoms with van der Waals surface area (Å²) in [5.41, 5.74) is 5.98. The molecule has 2 rings (SSSR count). The van der Waals surface area contributed by atoms with Crippen molar-refractivity contribution in [3.05, 3.63) is 28.8 Å². The van der Waals surface area contributed by atoms with E-state index in [0.29, 0.717) is 22.9 Å². The van der Waals surface area contributed by atoms with Crippen molar-refractivity contribution in [2.75, 3.05) is 6.61 Å². The molecule has 0 spiro atoms. The summed E-state index contributed by atoms with van der Waals surface area (Å²) in [7, 11) is 0. The molecule has 1 fully saturated rings. The number of nitrogens with two attached hydrogens (primary N) is 1. The van der Waals surface area contributed by atoms with Gasteiger partial charge in [0.25, 0.3) is 0 Å². The van der Waals surface area contributed by atoms with Crippen LogP contribution in [0.3, 0.4) is 0 Å². The number of halogens is 1. The van der Waals surface area contributed by atoms with Crippen LogP contribution in [-0.2, 0) is 0 Å². The Morgan fingerprint density at radius 2 is 2.25 bits per heavy atom. The van der Waals surface area contributed by atoms with Crippen molar-refractivity contribution in [3.8, 4) is 5.75 Å². The molecule has 0 bridgehead atoms. The van der Waals surface area contributed by atoms with Crippen molar-refractivity contribution in [1.82, 2.24) is 0 Å².